The van der Waals surface area contributed by atoms with Crippen molar-refractivity contribution in [3.05, 3.63) is 18.2 Å². The van der Waals surface area contributed by atoms with E-state index in [1.54, 1.807) is 6.33 Å². The molecule has 0 unspecified atom stereocenters. The minimum Gasteiger partial charge on any atom is -0.481 e. The number of imidazole rings is 1. The average molecular weight is 222 g/mol. The predicted octanol–water partition coefficient (Wildman–Crippen LogP) is 2.41. The third kappa shape index (κ3) is 2.62. The standard InChI is InChI=1S/C12H18N2O2/c15-12(16)6-7-14-9-13-8-11(14)10-4-2-1-3-5-10/h8-10H,1-7H2,(H,15,16). The lowest BCUT2D eigenvalue weighted by Crippen LogP contribution is -2.12. The van der Waals surface area contributed by atoms with Crippen molar-refractivity contribution in [2.75, 3.05) is 0 Å². The van der Waals surface area contributed by atoms with Crippen LogP contribution in [0.25, 0.3) is 0 Å². The van der Waals surface area contributed by atoms with Crippen molar-refractivity contribution in [1.82, 2.24) is 9.55 Å². The molecule has 88 valence electrons. The number of rotatable bonds is 4. The number of hydrogen-bond acceptors (Lipinski definition) is 2. The molecule has 0 saturated heterocycles. The zero-order valence-corrected chi connectivity index (χ0v) is 9.43. The van der Waals surface area contributed by atoms with E-state index in [-0.39, 0.29) is 6.42 Å². The summed E-state index contributed by atoms with van der Waals surface area (Å²) in [6.07, 6.45) is 10.2. The van der Waals surface area contributed by atoms with Gasteiger partial charge in [0.05, 0.1) is 12.7 Å². The fraction of sp³-hybridized carbons (Fsp3) is 0.667. The maximum Gasteiger partial charge on any atom is 0.305 e. The SMILES string of the molecule is O=C(O)CCn1cncc1C1CCCCC1. The Kier molecular flexibility index (Phi) is 3.59. The second kappa shape index (κ2) is 5.14. The van der Waals surface area contributed by atoms with Gasteiger partial charge in [0, 0.05) is 24.4 Å². The summed E-state index contributed by atoms with van der Waals surface area (Å²) in [5, 5.41) is 8.68. The van der Waals surface area contributed by atoms with Crippen LogP contribution in [0.15, 0.2) is 12.5 Å². The molecule has 1 saturated carbocycles. The van der Waals surface area contributed by atoms with Gasteiger partial charge in [-0.25, -0.2) is 4.98 Å². The first-order valence-corrected chi connectivity index (χ1v) is 5.99. The van der Waals surface area contributed by atoms with Crippen molar-refractivity contribution in [2.24, 2.45) is 0 Å². The molecule has 1 fully saturated rings. The van der Waals surface area contributed by atoms with Crippen LogP contribution in [0.4, 0.5) is 0 Å². The van der Waals surface area contributed by atoms with Crippen molar-refractivity contribution >= 4 is 5.97 Å². The number of carboxylic acid groups (broad SMARTS) is 1. The molecular weight excluding hydrogens is 204 g/mol. The van der Waals surface area contributed by atoms with Gasteiger partial charge in [0.2, 0.25) is 0 Å². The normalized spacial score (nSPS) is 17.5. The molecule has 2 rings (SSSR count). The largest absolute Gasteiger partial charge is 0.481 e. The highest BCUT2D eigenvalue weighted by Gasteiger charge is 2.18. The monoisotopic (exact) mass is 222 g/mol. The predicted molar refractivity (Wildman–Crippen MR) is 60.3 cm³/mol. The van der Waals surface area contributed by atoms with Crippen molar-refractivity contribution in [2.45, 2.75) is 51.0 Å². The second-order valence-electron chi connectivity index (χ2n) is 4.49. The van der Waals surface area contributed by atoms with Crippen LogP contribution < -0.4 is 0 Å². The Morgan fingerprint density at radius 3 is 2.88 bits per heavy atom. The molecule has 0 aliphatic heterocycles. The zero-order chi connectivity index (χ0) is 11.4. The van der Waals surface area contributed by atoms with Crippen LogP contribution in [0.1, 0.15) is 50.1 Å². The van der Waals surface area contributed by atoms with E-state index in [0.29, 0.717) is 12.5 Å². The van der Waals surface area contributed by atoms with Crippen molar-refractivity contribution in [3.8, 4) is 0 Å². The lowest BCUT2D eigenvalue weighted by atomic mass is 9.87. The highest BCUT2D eigenvalue weighted by Crippen LogP contribution is 2.32. The van der Waals surface area contributed by atoms with Crippen molar-refractivity contribution < 1.29 is 9.90 Å². The number of aromatic nitrogens is 2. The molecule has 1 heterocycles. The van der Waals surface area contributed by atoms with E-state index in [1.807, 2.05) is 10.8 Å². The first kappa shape index (κ1) is 11.2. The van der Waals surface area contributed by atoms with E-state index in [4.69, 9.17) is 5.11 Å². The van der Waals surface area contributed by atoms with Gasteiger partial charge in [-0.3, -0.25) is 4.79 Å². The Labute approximate surface area is 95.3 Å². The van der Waals surface area contributed by atoms with E-state index < -0.39 is 5.97 Å². The van der Waals surface area contributed by atoms with Crippen LogP contribution >= 0.6 is 0 Å². The smallest absolute Gasteiger partial charge is 0.305 e. The Hall–Kier alpha value is -1.32. The molecular formula is C12H18N2O2. The lowest BCUT2D eigenvalue weighted by molar-refractivity contribution is -0.137. The summed E-state index contributed by atoms with van der Waals surface area (Å²) in [6.45, 7) is 0.543. The van der Waals surface area contributed by atoms with Gasteiger partial charge in [-0.2, -0.15) is 0 Å². The minimum absolute atomic E-state index is 0.177. The van der Waals surface area contributed by atoms with E-state index in [0.717, 1.165) is 0 Å². The van der Waals surface area contributed by atoms with E-state index in [1.165, 1.54) is 37.8 Å². The number of aliphatic carboxylic acids is 1. The minimum atomic E-state index is -0.747. The molecule has 1 aromatic heterocycles. The van der Waals surface area contributed by atoms with E-state index in [2.05, 4.69) is 4.98 Å². The molecule has 1 aliphatic rings. The molecule has 4 heteroatoms. The fourth-order valence-electron chi connectivity index (χ4n) is 2.47. The summed E-state index contributed by atoms with van der Waals surface area (Å²) >= 11 is 0. The van der Waals surface area contributed by atoms with Crippen LogP contribution in [0.3, 0.4) is 0 Å². The lowest BCUT2D eigenvalue weighted by Gasteiger charge is -2.22. The maximum absolute atomic E-state index is 10.5. The van der Waals surface area contributed by atoms with E-state index in [9.17, 15) is 4.79 Å². The van der Waals surface area contributed by atoms with Gasteiger partial charge in [0.1, 0.15) is 0 Å². The Bertz CT molecular complexity index is 354. The van der Waals surface area contributed by atoms with Gasteiger partial charge >= 0.3 is 5.97 Å². The highest BCUT2D eigenvalue weighted by molar-refractivity contribution is 5.66. The summed E-state index contributed by atoms with van der Waals surface area (Å²) in [7, 11) is 0. The summed E-state index contributed by atoms with van der Waals surface area (Å²) in [5.41, 5.74) is 1.22. The molecule has 1 N–H and O–H groups in total. The van der Waals surface area contributed by atoms with Crippen LogP contribution in [-0.2, 0) is 11.3 Å². The van der Waals surface area contributed by atoms with Crippen molar-refractivity contribution in [1.29, 1.82) is 0 Å². The molecule has 16 heavy (non-hydrogen) atoms. The first-order valence-electron chi connectivity index (χ1n) is 5.99. The summed E-state index contributed by atoms with van der Waals surface area (Å²) in [4.78, 5) is 14.7. The summed E-state index contributed by atoms with van der Waals surface area (Å²) < 4.78 is 2.00. The molecule has 0 aromatic carbocycles. The van der Waals surface area contributed by atoms with Gasteiger partial charge in [-0.1, -0.05) is 19.3 Å². The maximum atomic E-state index is 10.5. The second-order valence-corrected chi connectivity index (χ2v) is 4.49. The Balaban J connectivity index is 2.02. The summed E-state index contributed by atoms with van der Waals surface area (Å²) in [5.74, 6) is -0.159. The highest BCUT2D eigenvalue weighted by atomic mass is 16.4. The molecule has 0 spiro atoms. The topological polar surface area (TPSA) is 55.1 Å². The number of nitrogens with zero attached hydrogens (tertiary/aromatic N) is 2. The fourth-order valence-corrected chi connectivity index (χ4v) is 2.47. The van der Waals surface area contributed by atoms with E-state index >= 15 is 0 Å². The molecule has 1 aliphatic carbocycles. The van der Waals surface area contributed by atoms with Gasteiger partial charge in [-0.05, 0) is 12.8 Å². The van der Waals surface area contributed by atoms with Crippen LogP contribution in [0.2, 0.25) is 0 Å². The number of carboxylic acids is 1. The molecule has 0 atom stereocenters. The molecule has 4 nitrogen and oxygen atoms in total. The average Bonchev–Trinajstić information content (AvgIpc) is 2.75. The van der Waals surface area contributed by atoms with Crippen LogP contribution in [0.5, 0.6) is 0 Å². The summed E-state index contributed by atoms with van der Waals surface area (Å²) in [6, 6.07) is 0. The van der Waals surface area contributed by atoms with Gasteiger partial charge in [0.15, 0.2) is 0 Å². The van der Waals surface area contributed by atoms with Crippen LogP contribution in [0, 0.1) is 0 Å². The Morgan fingerprint density at radius 2 is 2.19 bits per heavy atom. The molecule has 1 aromatic rings. The zero-order valence-electron chi connectivity index (χ0n) is 9.43. The third-order valence-corrected chi connectivity index (χ3v) is 3.33. The molecule has 0 bridgehead atoms. The molecule has 0 radical (unpaired) electrons. The number of aryl methyl sites for hydroxylation is 1. The first-order chi connectivity index (χ1) is 7.77. The Morgan fingerprint density at radius 1 is 1.44 bits per heavy atom. The van der Waals surface area contributed by atoms with Gasteiger partial charge < -0.3 is 9.67 Å². The van der Waals surface area contributed by atoms with Crippen molar-refractivity contribution in [3.63, 3.8) is 0 Å². The number of carbonyl (C=O) groups is 1. The number of hydrogen-bond donors (Lipinski definition) is 1. The van der Waals surface area contributed by atoms with Gasteiger partial charge in [-0.15, -0.1) is 0 Å². The van der Waals surface area contributed by atoms with Gasteiger partial charge in [0.25, 0.3) is 0 Å². The molecule has 0 amide bonds. The quantitative estimate of drug-likeness (QED) is 0.851. The van der Waals surface area contributed by atoms with Crippen LogP contribution in [-0.4, -0.2) is 20.6 Å². The third-order valence-electron chi connectivity index (χ3n) is 3.33.